The molecule has 0 aliphatic rings. The molecule has 1 nitrogen and oxygen atoms in total. The monoisotopic (exact) mass is 303 g/mol. The van der Waals surface area contributed by atoms with Crippen LogP contribution in [0.2, 0.25) is 0 Å². The van der Waals surface area contributed by atoms with E-state index in [0.29, 0.717) is 0 Å². The van der Waals surface area contributed by atoms with Crippen LogP contribution < -0.4 is 0 Å². The zero-order chi connectivity index (χ0) is 11.8. The van der Waals surface area contributed by atoms with Crippen molar-refractivity contribution in [3.63, 3.8) is 0 Å². The molecule has 3 heteroatoms. The van der Waals surface area contributed by atoms with Crippen molar-refractivity contribution in [3.05, 3.63) is 52.5 Å². The summed E-state index contributed by atoms with van der Waals surface area (Å²) >= 11 is 5.26. The molecule has 0 aliphatic heterocycles. The van der Waals surface area contributed by atoms with Gasteiger partial charge in [-0.1, -0.05) is 34.1 Å². The molecule has 3 rings (SSSR count). The van der Waals surface area contributed by atoms with E-state index in [4.69, 9.17) is 0 Å². The van der Waals surface area contributed by atoms with Crippen molar-refractivity contribution in [2.75, 3.05) is 0 Å². The minimum atomic E-state index is 1.08. The van der Waals surface area contributed by atoms with Crippen LogP contribution in [0.25, 0.3) is 20.8 Å². The molecule has 0 spiro atoms. The lowest BCUT2D eigenvalue weighted by molar-refractivity contribution is 1.41. The van der Waals surface area contributed by atoms with Crippen LogP contribution in [0, 0.1) is 6.92 Å². The fourth-order valence-electron chi connectivity index (χ4n) is 1.77. The zero-order valence-corrected chi connectivity index (χ0v) is 11.7. The van der Waals surface area contributed by atoms with E-state index in [0.717, 1.165) is 15.0 Å². The molecule has 0 amide bonds. The van der Waals surface area contributed by atoms with E-state index in [-0.39, 0.29) is 0 Å². The summed E-state index contributed by atoms with van der Waals surface area (Å²) in [4.78, 5) is 4.66. The van der Waals surface area contributed by atoms with Gasteiger partial charge in [0.1, 0.15) is 5.01 Å². The highest BCUT2D eigenvalue weighted by Crippen LogP contribution is 2.31. The number of aryl methyl sites for hydroxylation is 1. The van der Waals surface area contributed by atoms with Gasteiger partial charge in [-0.25, -0.2) is 4.98 Å². The predicted molar refractivity (Wildman–Crippen MR) is 77.5 cm³/mol. The van der Waals surface area contributed by atoms with Crippen LogP contribution in [0.3, 0.4) is 0 Å². The maximum atomic E-state index is 4.66. The standard InChI is InChI=1S/C14H10BrNS/c1-9-8-10(6-7-11(9)15)14-16-12-4-2-3-5-13(12)17-14/h2-8H,1H3. The van der Waals surface area contributed by atoms with Crippen molar-refractivity contribution in [3.8, 4) is 10.6 Å². The number of hydrogen-bond acceptors (Lipinski definition) is 2. The first-order valence-electron chi connectivity index (χ1n) is 5.36. The predicted octanol–water partition coefficient (Wildman–Crippen LogP) is 5.03. The van der Waals surface area contributed by atoms with Crippen LogP contribution in [0.4, 0.5) is 0 Å². The van der Waals surface area contributed by atoms with Crippen LogP contribution in [0.1, 0.15) is 5.56 Å². The fourth-order valence-corrected chi connectivity index (χ4v) is 2.98. The third-order valence-corrected chi connectivity index (χ3v) is 4.67. The van der Waals surface area contributed by atoms with Gasteiger partial charge in [0, 0.05) is 10.0 Å². The lowest BCUT2D eigenvalue weighted by atomic mass is 10.1. The van der Waals surface area contributed by atoms with Crippen molar-refractivity contribution in [1.82, 2.24) is 4.98 Å². The van der Waals surface area contributed by atoms with Crippen LogP contribution in [-0.2, 0) is 0 Å². The summed E-state index contributed by atoms with van der Waals surface area (Å²) in [5.41, 5.74) is 3.50. The highest BCUT2D eigenvalue weighted by molar-refractivity contribution is 9.10. The Morgan fingerprint density at radius 3 is 2.71 bits per heavy atom. The van der Waals surface area contributed by atoms with Crippen molar-refractivity contribution in [2.45, 2.75) is 6.92 Å². The Hall–Kier alpha value is -1.19. The average Bonchev–Trinajstić information content (AvgIpc) is 2.76. The van der Waals surface area contributed by atoms with Gasteiger partial charge in [-0.15, -0.1) is 11.3 Å². The van der Waals surface area contributed by atoms with Gasteiger partial charge in [0.25, 0.3) is 0 Å². The number of aromatic nitrogens is 1. The van der Waals surface area contributed by atoms with Crippen LogP contribution in [0.5, 0.6) is 0 Å². The average molecular weight is 304 g/mol. The topological polar surface area (TPSA) is 12.9 Å². The summed E-state index contributed by atoms with van der Waals surface area (Å²) in [5.74, 6) is 0. The maximum absolute atomic E-state index is 4.66. The molecule has 84 valence electrons. The normalized spacial score (nSPS) is 10.9. The van der Waals surface area contributed by atoms with Gasteiger partial charge in [-0.3, -0.25) is 0 Å². The second-order valence-corrected chi connectivity index (χ2v) is 5.84. The van der Waals surface area contributed by atoms with Gasteiger partial charge in [-0.2, -0.15) is 0 Å². The van der Waals surface area contributed by atoms with Crippen LogP contribution in [0.15, 0.2) is 46.9 Å². The lowest BCUT2D eigenvalue weighted by Gasteiger charge is -2.00. The molecule has 0 unspecified atom stereocenters. The Kier molecular flexibility index (Phi) is 2.73. The number of hydrogen-bond donors (Lipinski definition) is 0. The molecule has 0 atom stereocenters. The number of benzene rings is 2. The molecule has 0 saturated heterocycles. The summed E-state index contributed by atoms with van der Waals surface area (Å²) in [7, 11) is 0. The Morgan fingerprint density at radius 2 is 1.94 bits per heavy atom. The molecular formula is C14H10BrNS. The Labute approximate surface area is 112 Å². The van der Waals surface area contributed by atoms with Gasteiger partial charge in [-0.05, 0) is 36.8 Å². The molecule has 3 aromatic rings. The third-order valence-electron chi connectivity index (χ3n) is 2.70. The highest BCUT2D eigenvalue weighted by atomic mass is 79.9. The Bertz CT molecular complexity index is 655. The zero-order valence-electron chi connectivity index (χ0n) is 9.27. The van der Waals surface area contributed by atoms with Crippen LogP contribution in [-0.4, -0.2) is 4.98 Å². The summed E-state index contributed by atoms with van der Waals surface area (Å²) in [6.45, 7) is 2.10. The molecule has 1 aromatic heterocycles. The van der Waals surface area contributed by atoms with Crippen LogP contribution >= 0.6 is 27.3 Å². The van der Waals surface area contributed by atoms with E-state index in [9.17, 15) is 0 Å². The maximum Gasteiger partial charge on any atom is 0.124 e. The molecule has 17 heavy (non-hydrogen) atoms. The number of nitrogens with zero attached hydrogens (tertiary/aromatic N) is 1. The molecule has 0 N–H and O–H groups in total. The van der Waals surface area contributed by atoms with Gasteiger partial charge < -0.3 is 0 Å². The first-order valence-corrected chi connectivity index (χ1v) is 6.97. The first kappa shape index (κ1) is 10.9. The number of para-hydroxylation sites is 1. The van der Waals surface area contributed by atoms with Gasteiger partial charge in [0.05, 0.1) is 10.2 Å². The molecule has 0 fully saturated rings. The van der Waals surface area contributed by atoms with E-state index < -0.39 is 0 Å². The number of thiazole rings is 1. The first-order chi connectivity index (χ1) is 8.24. The largest absolute Gasteiger partial charge is 0.236 e. The molecular weight excluding hydrogens is 294 g/mol. The highest BCUT2D eigenvalue weighted by Gasteiger charge is 2.06. The van der Waals surface area contributed by atoms with E-state index in [1.165, 1.54) is 15.8 Å². The summed E-state index contributed by atoms with van der Waals surface area (Å²) in [6.07, 6.45) is 0. The number of fused-ring (bicyclic) bond motifs is 1. The van der Waals surface area contributed by atoms with E-state index in [1.807, 2.05) is 6.07 Å². The Balaban J connectivity index is 2.17. The van der Waals surface area contributed by atoms with Gasteiger partial charge >= 0.3 is 0 Å². The van der Waals surface area contributed by atoms with E-state index in [2.05, 4.69) is 64.2 Å². The lowest BCUT2D eigenvalue weighted by Crippen LogP contribution is -1.79. The van der Waals surface area contributed by atoms with Crippen molar-refractivity contribution in [2.24, 2.45) is 0 Å². The molecule has 0 bridgehead atoms. The summed E-state index contributed by atoms with van der Waals surface area (Å²) < 4.78 is 2.38. The van der Waals surface area contributed by atoms with Crippen molar-refractivity contribution >= 4 is 37.5 Å². The smallest absolute Gasteiger partial charge is 0.124 e. The molecule has 0 saturated carbocycles. The Morgan fingerprint density at radius 1 is 1.12 bits per heavy atom. The molecule has 1 heterocycles. The molecule has 0 radical (unpaired) electrons. The third kappa shape index (κ3) is 2.01. The number of rotatable bonds is 1. The van der Waals surface area contributed by atoms with E-state index >= 15 is 0 Å². The fraction of sp³-hybridized carbons (Fsp3) is 0.0714. The minimum Gasteiger partial charge on any atom is -0.236 e. The summed E-state index contributed by atoms with van der Waals surface area (Å²) in [6, 6.07) is 14.6. The minimum absolute atomic E-state index is 1.08. The van der Waals surface area contributed by atoms with E-state index in [1.54, 1.807) is 11.3 Å². The van der Waals surface area contributed by atoms with Gasteiger partial charge in [0.15, 0.2) is 0 Å². The molecule has 0 aliphatic carbocycles. The molecule has 2 aromatic carbocycles. The second kappa shape index (κ2) is 4.24. The SMILES string of the molecule is Cc1cc(-c2nc3ccccc3s2)ccc1Br. The van der Waals surface area contributed by atoms with Crippen molar-refractivity contribution < 1.29 is 0 Å². The summed E-state index contributed by atoms with van der Waals surface area (Å²) in [5, 5.41) is 1.09. The number of halogens is 1. The second-order valence-electron chi connectivity index (χ2n) is 3.95. The quantitative estimate of drug-likeness (QED) is 0.614. The van der Waals surface area contributed by atoms with Gasteiger partial charge in [0.2, 0.25) is 0 Å². The van der Waals surface area contributed by atoms with Crippen molar-refractivity contribution in [1.29, 1.82) is 0 Å².